The molecule has 0 fully saturated rings. The molecule has 2 aromatic heterocycles. The third-order valence-corrected chi connectivity index (χ3v) is 5.73. The second-order valence-corrected chi connectivity index (χ2v) is 7.90. The zero-order chi connectivity index (χ0) is 21.8. The smallest absolute Gasteiger partial charge is 0.252 e. The van der Waals surface area contributed by atoms with Gasteiger partial charge < -0.3 is 19.5 Å². The Labute approximate surface area is 182 Å². The number of amides is 2. The van der Waals surface area contributed by atoms with E-state index in [0.29, 0.717) is 31.7 Å². The number of aromatic nitrogens is 2. The first-order chi connectivity index (χ1) is 15.1. The van der Waals surface area contributed by atoms with Crippen molar-refractivity contribution >= 4 is 28.4 Å². The van der Waals surface area contributed by atoms with E-state index in [2.05, 4.69) is 27.0 Å². The lowest BCUT2D eigenvalue weighted by Gasteiger charge is -2.29. The van der Waals surface area contributed by atoms with Crippen LogP contribution in [0.5, 0.6) is 0 Å². The van der Waals surface area contributed by atoms with Crippen molar-refractivity contribution in [3.8, 4) is 0 Å². The summed E-state index contributed by atoms with van der Waals surface area (Å²) in [6, 6.07) is 9.90. The number of hydrogen-bond acceptors (Lipinski definition) is 4. The van der Waals surface area contributed by atoms with Gasteiger partial charge in [0.15, 0.2) is 0 Å². The Morgan fingerprint density at radius 2 is 2.10 bits per heavy atom. The normalized spacial score (nSPS) is 13.3. The SMILES string of the molecule is COCCCNC(=O)c1cnc2c(c1)N(C(=O)Cc1cn(C)c3ccccc13)CCC2. The minimum atomic E-state index is -0.182. The lowest BCUT2D eigenvalue weighted by atomic mass is 10.0. The van der Waals surface area contributed by atoms with Crippen LogP contribution in [0.4, 0.5) is 5.69 Å². The molecule has 2 amide bonds. The van der Waals surface area contributed by atoms with Gasteiger partial charge in [-0.3, -0.25) is 14.6 Å². The molecule has 1 aliphatic rings. The number of rotatable bonds is 7. The number of carbonyl (C=O) groups excluding carboxylic acids is 2. The van der Waals surface area contributed by atoms with E-state index in [9.17, 15) is 9.59 Å². The largest absolute Gasteiger partial charge is 0.385 e. The van der Waals surface area contributed by atoms with Gasteiger partial charge >= 0.3 is 0 Å². The average molecular weight is 421 g/mol. The molecule has 0 spiro atoms. The molecule has 0 aliphatic carbocycles. The van der Waals surface area contributed by atoms with Crippen LogP contribution in [0.15, 0.2) is 42.7 Å². The zero-order valence-electron chi connectivity index (χ0n) is 18.1. The Bertz CT molecular complexity index is 1110. The lowest BCUT2D eigenvalue weighted by Crippen LogP contribution is -2.37. The van der Waals surface area contributed by atoms with Crippen LogP contribution in [0.1, 0.15) is 34.5 Å². The van der Waals surface area contributed by atoms with Gasteiger partial charge in [0.05, 0.1) is 23.4 Å². The van der Waals surface area contributed by atoms with Crippen molar-refractivity contribution in [1.29, 1.82) is 0 Å². The second kappa shape index (κ2) is 9.31. The van der Waals surface area contributed by atoms with Crippen LogP contribution in [-0.2, 0) is 29.4 Å². The standard InChI is InChI=1S/C24H28N4O3/c1-27-16-18(19-7-3-4-9-21(19)27)14-23(29)28-11-5-8-20-22(28)13-17(15-26-20)24(30)25-10-6-12-31-2/h3-4,7,9,13,15-16H,5-6,8,10-12,14H2,1-2H3,(H,25,30). The summed E-state index contributed by atoms with van der Waals surface area (Å²) in [5.74, 6) is -0.157. The fourth-order valence-corrected chi connectivity index (χ4v) is 4.16. The fraction of sp³-hybridized carbons (Fsp3) is 0.375. The molecule has 31 heavy (non-hydrogen) atoms. The second-order valence-electron chi connectivity index (χ2n) is 7.90. The topological polar surface area (TPSA) is 76.5 Å². The molecular weight excluding hydrogens is 392 g/mol. The Morgan fingerprint density at radius 1 is 1.26 bits per heavy atom. The lowest BCUT2D eigenvalue weighted by molar-refractivity contribution is -0.118. The number of methoxy groups -OCH3 is 1. The van der Waals surface area contributed by atoms with E-state index in [0.717, 1.165) is 47.1 Å². The van der Waals surface area contributed by atoms with Gasteiger partial charge in [0.25, 0.3) is 5.91 Å². The van der Waals surface area contributed by atoms with E-state index >= 15 is 0 Å². The fourth-order valence-electron chi connectivity index (χ4n) is 4.16. The Hall–Kier alpha value is -3.19. The van der Waals surface area contributed by atoms with Gasteiger partial charge in [-0.25, -0.2) is 0 Å². The molecule has 3 aromatic rings. The maximum absolute atomic E-state index is 13.3. The van der Waals surface area contributed by atoms with Crippen LogP contribution >= 0.6 is 0 Å². The third-order valence-electron chi connectivity index (χ3n) is 5.73. The van der Waals surface area contributed by atoms with Gasteiger partial charge in [-0.05, 0) is 37.0 Å². The van der Waals surface area contributed by atoms with Crippen molar-refractivity contribution in [2.45, 2.75) is 25.7 Å². The minimum Gasteiger partial charge on any atom is -0.385 e. The third kappa shape index (κ3) is 4.46. The van der Waals surface area contributed by atoms with E-state index in [-0.39, 0.29) is 11.8 Å². The van der Waals surface area contributed by atoms with Crippen molar-refractivity contribution in [2.24, 2.45) is 7.05 Å². The van der Waals surface area contributed by atoms with Gasteiger partial charge in [0.1, 0.15) is 0 Å². The summed E-state index contributed by atoms with van der Waals surface area (Å²) in [6.07, 6.45) is 6.36. The van der Waals surface area contributed by atoms with Gasteiger partial charge in [0, 0.05) is 57.2 Å². The number of para-hydroxylation sites is 1. The summed E-state index contributed by atoms with van der Waals surface area (Å²) in [5.41, 5.74) is 4.21. The summed E-state index contributed by atoms with van der Waals surface area (Å²) >= 11 is 0. The molecule has 0 unspecified atom stereocenters. The Kier molecular flexibility index (Phi) is 6.32. The Morgan fingerprint density at radius 3 is 2.94 bits per heavy atom. The highest BCUT2D eigenvalue weighted by molar-refractivity contribution is 6.00. The molecule has 0 saturated heterocycles. The number of benzene rings is 1. The molecule has 4 rings (SSSR count). The number of carbonyl (C=O) groups is 2. The molecule has 162 valence electrons. The summed E-state index contributed by atoms with van der Waals surface area (Å²) in [6.45, 7) is 1.77. The first kappa shape index (κ1) is 21.1. The average Bonchev–Trinajstić information content (AvgIpc) is 3.11. The summed E-state index contributed by atoms with van der Waals surface area (Å²) < 4.78 is 7.06. The van der Waals surface area contributed by atoms with Gasteiger partial charge in [-0.2, -0.15) is 0 Å². The van der Waals surface area contributed by atoms with E-state index in [1.807, 2.05) is 25.4 Å². The van der Waals surface area contributed by atoms with Crippen molar-refractivity contribution in [1.82, 2.24) is 14.9 Å². The molecule has 7 nitrogen and oxygen atoms in total. The maximum Gasteiger partial charge on any atom is 0.252 e. The highest BCUT2D eigenvalue weighted by Crippen LogP contribution is 2.28. The maximum atomic E-state index is 13.3. The molecule has 0 atom stereocenters. The van der Waals surface area contributed by atoms with Crippen LogP contribution in [0.25, 0.3) is 10.9 Å². The van der Waals surface area contributed by atoms with Crippen LogP contribution in [0, 0.1) is 0 Å². The Balaban J connectivity index is 1.54. The monoisotopic (exact) mass is 420 g/mol. The van der Waals surface area contributed by atoms with E-state index in [4.69, 9.17) is 4.74 Å². The van der Waals surface area contributed by atoms with Crippen molar-refractivity contribution < 1.29 is 14.3 Å². The molecule has 1 aromatic carbocycles. The number of anilines is 1. The molecular formula is C24H28N4O3. The first-order valence-electron chi connectivity index (χ1n) is 10.7. The van der Waals surface area contributed by atoms with Crippen LogP contribution < -0.4 is 10.2 Å². The van der Waals surface area contributed by atoms with E-state index in [1.165, 1.54) is 0 Å². The number of hydrogen-bond donors (Lipinski definition) is 1. The number of nitrogens with one attached hydrogen (secondary N) is 1. The summed E-state index contributed by atoms with van der Waals surface area (Å²) in [7, 11) is 3.63. The number of aryl methyl sites for hydroxylation is 2. The zero-order valence-corrected chi connectivity index (χ0v) is 18.1. The van der Waals surface area contributed by atoms with Crippen LogP contribution in [-0.4, -0.2) is 48.2 Å². The first-order valence-corrected chi connectivity index (χ1v) is 10.7. The number of ether oxygens (including phenoxy) is 1. The highest BCUT2D eigenvalue weighted by Gasteiger charge is 2.25. The molecule has 0 saturated carbocycles. The highest BCUT2D eigenvalue weighted by atomic mass is 16.5. The number of nitrogens with zero attached hydrogens (tertiary/aromatic N) is 3. The van der Waals surface area contributed by atoms with Gasteiger partial charge in [-0.15, -0.1) is 0 Å². The van der Waals surface area contributed by atoms with Crippen LogP contribution in [0.3, 0.4) is 0 Å². The molecule has 1 N–H and O–H groups in total. The van der Waals surface area contributed by atoms with Crippen molar-refractivity contribution in [3.05, 3.63) is 59.5 Å². The van der Waals surface area contributed by atoms with Crippen molar-refractivity contribution in [2.75, 3.05) is 31.7 Å². The van der Waals surface area contributed by atoms with Gasteiger partial charge in [-0.1, -0.05) is 18.2 Å². The van der Waals surface area contributed by atoms with Crippen LogP contribution in [0.2, 0.25) is 0 Å². The summed E-state index contributed by atoms with van der Waals surface area (Å²) in [5, 5.41) is 3.98. The predicted molar refractivity (Wildman–Crippen MR) is 120 cm³/mol. The quantitative estimate of drug-likeness (QED) is 0.597. The number of pyridine rings is 1. The van der Waals surface area contributed by atoms with Gasteiger partial charge in [0.2, 0.25) is 5.91 Å². The minimum absolute atomic E-state index is 0.0248. The summed E-state index contributed by atoms with van der Waals surface area (Å²) in [4.78, 5) is 32.1. The molecule has 7 heteroatoms. The molecule has 3 heterocycles. The predicted octanol–water partition coefficient (Wildman–Crippen LogP) is 2.86. The van der Waals surface area contributed by atoms with E-state index < -0.39 is 0 Å². The van der Waals surface area contributed by atoms with Crippen molar-refractivity contribution in [3.63, 3.8) is 0 Å². The van der Waals surface area contributed by atoms with E-state index in [1.54, 1.807) is 24.3 Å². The number of fused-ring (bicyclic) bond motifs is 2. The molecule has 1 aliphatic heterocycles. The molecule has 0 bridgehead atoms. The molecule has 0 radical (unpaired) electrons.